The van der Waals surface area contributed by atoms with E-state index in [0.29, 0.717) is 11.8 Å². The van der Waals surface area contributed by atoms with Crippen LogP contribution in [-0.4, -0.2) is 12.6 Å². The van der Waals surface area contributed by atoms with Crippen LogP contribution in [0.4, 0.5) is 0 Å². The van der Waals surface area contributed by atoms with Gasteiger partial charge in [-0.25, -0.2) is 0 Å². The highest BCUT2D eigenvalue weighted by Crippen LogP contribution is 2.53. The van der Waals surface area contributed by atoms with Crippen molar-refractivity contribution in [1.29, 1.82) is 0 Å². The number of aldehydes is 2. The number of fused-ring (bicyclic) bond motifs is 2. The van der Waals surface area contributed by atoms with E-state index in [2.05, 4.69) is 0 Å². The maximum absolute atomic E-state index is 10.7. The highest BCUT2D eigenvalue weighted by molar-refractivity contribution is 5.85. The van der Waals surface area contributed by atoms with Crippen molar-refractivity contribution in [2.45, 2.75) is 25.7 Å². The van der Waals surface area contributed by atoms with Gasteiger partial charge in [-0.2, -0.15) is 0 Å². The third-order valence-corrected chi connectivity index (χ3v) is 3.38. The molecule has 0 aromatic rings. The summed E-state index contributed by atoms with van der Waals surface area (Å²) in [4.78, 5) is 21.4. The topological polar surface area (TPSA) is 34.1 Å². The van der Waals surface area contributed by atoms with Crippen LogP contribution >= 0.6 is 0 Å². The van der Waals surface area contributed by atoms with E-state index in [9.17, 15) is 9.59 Å². The molecule has 0 N–H and O–H groups in total. The van der Waals surface area contributed by atoms with Crippen molar-refractivity contribution in [1.82, 2.24) is 0 Å². The molecule has 2 atom stereocenters. The van der Waals surface area contributed by atoms with Crippen molar-refractivity contribution in [3.05, 3.63) is 0 Å². The molecule has 2 saturated carbocycles. The van der Waals surface area contributed by atoms with Crippen molar-refractivity contribution in [2.24, 2.45) is 17.3 Å². The Morgan fingerprint density at radius 2 is 1.91 bits per heavy atom. The summed E-state index contributed by atoms with van der Waals surface area (Å²) in [6, 6.07) is 0. The SMILES string of the molecule is O=CC1(C=O)CC2CCC1C2. The van der Waals surface area contributed by atoms with Crippen molar-refractivity contribution in [3.8, 4) is 0 Å². The van der Waals surface area contributed by atoms with Crippen LogP contribution in [0, 0.1) is 17.3 Å². The largest absolute Gasteiger partial charge is 0.302 e. The van der Waals surface area contributed by atoms with E-state index >= 15 is 0 Å². The number of rotatable bonds is 2. The lowest BCUT2D eigenvalue weighted by Gasteiger charge is -2.25. The summed E-state index contributed by atoms with van der Waals surface area (Å²) in [7, 11) is 0. The first-order chi connectivity index (χ1) is 5.30. The van der Waals surface area contributed by atoms with Gasteiger partial charge in [-0.15, -0.1) is 0 Å². The van der Waals surface area contributed by atoms with Crippen LogP contribution in [0.2, 0.25) is 0 Å². The molecule has 60 valence electrons. The second kappa shape index (κ2) is 2.16. The van der Waals surface area contributed by atoms with Crippen molar-refractivity contribution in [2.75, 3.05) is 0 Å². The highest BCUT2D eigenvalue weighted by Gasteiger charge is 2.50. The quantitative estimate of drug-likeness (QED) is 0.440. The normalized spacial score (nSPS) is 38.9. The van der Waals surface area contributed by atoms with E-state index < -0.39 is 5.41 Å². The zero-order chi connectivity index (χ0) is 7.90. The van der Waals surface area contributed by atoms with Gasteiger partial charge in [0.25, 0.3) is 0 Å². The fraction of sp³-hybridized carbons (Fsp3) is 0.778. The van der Waals surface area contributed by atoms with Gasteiger partial charge in [0.2, 0.25) is 0 Å². The molecule has 11 heavy (non-hydrogen) atoms. The Hall–Kier alpha value is -0.660. The average Bonchev–Trinajstić information content (AvgIpc) is 2.62. The summed E-state index contributed by atoms with van der Waals surface area (Å²) in [6.45, 7) is 0. The molecule has 2 aliphatic carbocycles. The third-order valence-electron chi connectivity index (χ3n) is 3.38. The van der Waals surface area contributed by atoms with Gasteiger partial charge in [-0.3, -0.25) is 0 Å². The van der Waals surface area contributed by atoms with Crippen LogP contribution in [0.25, 0.3) is 0 Å². The molecule has 0 radical (unpaired) electrons. The summed E-state index contributed by atoms with van der Waals surface area (Å²) >= 11 is 0. The van der Waals surface area contributed by atoms with Crippen LogP contribution in [0.15, 0.2) is 0 Å². The second-order valence-electron chi connectivity index (χ2n) is 3.93. The molecule has 0 heterocycles. The molecular weight excluding hydrogens is 140 g/mol. The highest BCUT2D eigenvalue weighted by atomic mass is 16.1. The zero-order valence-corrected chi connectivity index (χ0v) is 6.45. The molecule has 0 saturated heterocycles. The summed E-state index contributed by atoms with van der Waals surface area (Å²) in [5.41, 5.74) is -0.567. The minimum atomic E-state index is -0.567. The first-order valence-electron chi connectivity index (χ1n) is 4.23. The molecule has 0 aromatic carbocycles. The molecule has 0 aromatic heterocycles. The molecule has 0 spiro atoms. The van der Waals surface area contributed by atoms with Gasteiger partial charge in [0.1, 0.15) is 12.6 Å². The number of carbonyl (C=O) groups is 2. The average molecular weight is 152 g/mol. The fourth-order valence-corrected chi connectivity index (χ4v) is 2.73. The summed E-state index contributed by atoms with van der Waals surface area (Å²) in [5, 5.41) is 0. The Balaban J connectivity index is 2.27. The molecular formula is C9H12O2. The van der Waals surface area contributed by atoms with E-state index in [1.54, 1.807) is 0 Å². The summed E-state index contributed by atoms with van der Waals surface area (Å²) < 4.78 is 0. The predicted octanol–water partition coefficient (Wildman–Crippen LogP) is 1.19. The van der Waals surface area contributed by atoms with Crippen LogP contribution < -0.4 is 0 Å². The molecule has 2 heteroatoms. The lowest BCUT2D eigenvalue weighted by atomic mass is 9.76. The van der Waals surface area contributed by atoms with Gasteiger partial charge in [-0.1, -0.05) is 6.42 Å². The van der Waals surface area contributed by atoms with Crippen molar-refractivity contribution >= 4 is 12.6 Å². The standard InChI is InChI=1S/C9H12O2/c10-5-9(6-11)4-7-1-2-8(9)3-7/h5-8H,1-4H2. The minimum absolute atomic E-state index is 0.377. The molecule has 0 amide bonds. The fourth-order valence-electron chi connectivity index (χ4n) is 2.73. The Bertz CT molecular complexity index is 190. The Kier molecular flexibility index (Phi) is 1.38. The molecule has 2 rings (SSSR count). The number of hydrogen-bond donors (Lipinski definition) is 0. The van der Waals surface area contributed by atoms with Gasteiger partial charge >= 0.3 is 0 Å². The second-order valence-corrected chi connectivity index (χ2v) is 3.93. The van der Waals surface area contributed by atoms with E-state index in [1.165, 1.54) is 6.42 Å². The minimum Gasteiger partial charge on any atom is -0.302 e. The summed E-state index contributed by atoms with van der Waals surface area (Å²) in [5.74, 6) is 1.04. The monoisotopic (exact) mass is 152 g/mol. The van der Waals surface area contributed by atoms with Crippen molar-refractivity contribution in [3.63, 3.8) is 0 Å². The first kappa shape index (κ1) is 7.01. The number of carbonyl (C=O) groups excluding carboxylic acids is 2. The van der Waals surface area contributed by atoms with Gasteiger partial charge in [0.15, 0.2) is 0 Å². The third kappa shape index (κ3) is 0.784. The van der Waals surface area contributed by atoms with Crippen LogP contribution in [0.1, 0.15) is 25.7 Å². The van der Waals surface area contributed by atoms with Gasteiger partial charge in [-0.05, 0) is 31.1 Å². The van der Waals surface area contributed by atoms with Crippen LogP contribution in [0.5, 0.6) is 0 Å². The Morgan fingerprint density at radius 1 is 1.18 bits per heavy atom. The molecule has 0 aliphatic heterocycles. The van der Waals surface area contributed by atoms with Gasteiger partial charge in [0.05, 0.1) is 5.41 Å². The van der Waals surface area contributed by atoms with Crippen LogP contribution in [0.3, 0.4) is 0 Å². The molecule has 2 unspecified atom stereocenters. The molecule has 2 fully saturated rings. The molecule has 2 aliphatic rings. The lowest BCUT2D eigenvalue weighted by molar-refractivity contribution is -0.129. The van der Waals surface area contributed by atoms with Gasteiger partial charge in [0, 0.05) is 0 Å². The smallest absolute Gasteiger partial charge is 0.133 e. The van der Waals surface area contributed by atoms with Crippen LogP contribution in [-0.2, 0) is 9.59 Å². The maximum atomic E-state index is 10.7. The lowest BCUT2D eigenvalue weighted by Crippen LogP contribution is -2.30. The van der Waals surface area contributed by atoms with E-state index in [-0.39, 0.29) is 0 Å². The molecule has 2 nitrogen and oxygen atoms in total. The summed E-state index contributed by atoms with van der Waals surface area (Å²) in [6.07, 6.45) is 6.01. The Labute approximate surface area is 66.0 Å². The predicted molar refractivity (Wildman–Crippen MR) is 40.0 cm³/mol. The molecule has 2 bridgehead atoms. The maximum Gasteiger partial charge on any atom is 0.133 e. The van der Waals surface area contributed by atoms with E-state index in [1.807, 2.05) is 0 Å². The van der Waals surface area contributed by atoms with Gasteiger partial charge < -0.3 is 9.59 Å². The van der Waals surface area contributed by atoms with Crippen molar-refractivity contribution < 1.29 is 9.59 Å². The first-order valence-corrected chi connectivity index (χ1v) is 4.23. The number of hydrogen-bond acceptors (Lipinski definition) is 2. The van der Waals surface area contributed by atoms with E-state index in [4.69, 9.17) is 0 Å². The van der Waals surface area contributed by atoms with E-state index in [0.717, 1.165) is 31.8 Å². The zero-order valence-electron chi connectivity index (χ0n) is 6.45. The Morgan fingerprint density at radius 3 is 2.18 bits per heavy atom.